The zero-order chi connectivity index (χ0) is 28.6. The molecule has 4 rings (SSSR count). The zero-order valence-electron chi connectivity index (χ0n) is 20.1. The van der Waals surface area contributed by atoms with Crippen LogP contribution in [-0.2, 0) is 12.0 Å². The summed E-state index contributed by atoms with van der Waals surface area (Å²) in [7, 11) is 0. The number of alkyl halides is 6. The lowest BCUT2D eigenvalue weighted by atomic mass is 9.92. The molecule has 0 saturated carbocycles. The van der Waals surface area contributed by atoms with Crippen molar-refractivity contribution in [2.24, 2.45) is 0 Å². The molecule has 8 nitrogen and oxygen atoms in total. The molecule has 14 heteroatoms. The second-order valence-electron chi connectivity index (χ2n) is 8.50. The van der Waals surface area contributed by atoms with Crippen LogP contribution in [0.3, 0.4) is 0 Å². The second-order valence-corrected chi connectivity index (χ2v) is 8.50. The summed E-state index contributed by atoms with van der Waals surface area (Å²) in [5, 5.41) is 18.7. The predicted molar refractivity (Wildman–Crippen MR) is 126 cm³/mol. The minimum Gasteiger partial charge on any atom is -0.491 e. The Bertz CT molecular complexity index is 1520. The topological polar surface area (TPSA) is 110 Å². The van der Waals surface area contributed by atoms with Crippen LogP contribution >= 0.6 is 0 Å². The van der Waals surface area contributed by atoms with E-state index in [0.717, 1.165) is 16.7 Å². The molecule has 0 atom stereocenters. The summed E-state index contributed by atoms with van der Waals surface area (Å²) in [6.07, 6.45) is -9.26. The fraction of sp³-hybridized carbons (Fsp3) is 0.280. The standard InChI is InChI=1S/C25H20F6N4O4/c1-14-12-33-16(13-32-14)10-21-34-20-7-6-18(39-9-8-36)11-19(20)22(37)35(21)17-4-2-15(3-5-17)23(38,24(26,27)28)25(29,30)31/h2-7,11-13,36,38H,8-10H2,1H3. The minimum atomic E-state index is -6.06. The number of nitrogens with zero attached hydrogens (tertiary/aromatic N) is 4. The highest BCUT2D eigenvalue weighted by atomic mass is 19.4. The van der Waals surface area contributed by atoms with E-state index in [9.17, 15) is 36.2 Å². The summed E-state index contributed by atoms with van der Waals surface area (Å²) in [5.74, 6) is 0.305. The van der Waals surface area contributed by atoms with E-state index in [1.807, 2.05) is 0 Å². The van der Waals surface area contributed by atoms with Gasteiger partial charge >= 0.3 is 12.4 Å². The van der Waals surface area contributed by atoms with E-state index in [1.165, 1.54) is 30.6 Å². The van der Waals surface area contributed by atoms with E-state index < -0.39 is 29.1 Å². The van der Waals surface area contributed by atoms with Gasteiger partial charge in [-0.3, -0.25) is 19.3 Å². The van der Waals surface area contributed by atoms with E-state index >= 15 is 0 Å². The number of hydrogen-bond donors (Lipinski definition) is 2. The van der Waals surface area contributed by atoms with Gasteiger partial charge in [0.2, 0.25) is 0 Å². The number of rotatable bonds is 7. The van der Waals surface area contributed by atoms with Crippen LogP contribution in [0.5, 0.6) is 5.75 Å². The average Bonchev–Trinajstić information content (AvgIpc) is 2.87. The Hall–Kier alpha value is -4.04. The molecule has 0 radical (unpaired) electrons. The highest BCUT2D eigenvalue weighted by Gasteiger charge is 2.71. The van der Waals surface area contributed by atoms with E-state index in [2.05, 4.69) is 15.0 Å². The molecule has 206 valence electrons. The maximum atomic E-state index is 13.6. The van der Waals surface area contributed by atoms with Crippen LogP contribution in [0.2, 0.25) is 0 Å². The fourth-order valence-electron chi connectivity index (χ4n) is 3.86. The zero-order valence-corrected chi connectivity index (χ0v) is 20.1. The molecule has 0 fully saturated rings. The molecule has 0 saturated heterocycles. The van der Waals surface area contributed by atoms with Crippen molar-refractivity contribution in [1.29, 1.82) is 0 Å². The van der Waals surface area contributed by atoms with E-state index in [4.69, 9.17) is 9.84 Å². The van der Waals surface area contributed by atoms with Crippen LogP contribution in [0.25, 0.3) is 16.6 Å². The summed E-state index contributed by atoms with van der Waals surface area (Å²) in [4.78, 5) is 26.4. The molecule has 4 aromatic rings. The highest BCUT2D eigenvalue weighted by Crippen LogP contribution is 2.50. The quantitative estimate of drug-likeness (QED) is 0.335. The Kier molecular flexibility index (Phi) is 7.36. The first kappa shape index (κ1) is 28.0. The lowest BCUT2D eigenvalue weighted by Gasteiger charge is -2.32. The van der Waals surface area contributed by atoms with Gasteiger partial charge in [0.25, 0.3) is 11.2 Å². The van der Waals surface area contributed by atoms with Gasteiger partial charge in [-0.2, -0.15) is 26.3 Å². The Labute approximate surface area is 216 Å². The molecular weight excluding hydrogens is 534 g/mol. The summed E-state index contributed by atoms with van der Waals surface area (Å²) in [5.41, 5.74) is -6.15. The summed E-state index contributed by atoms with van der Waals surface area (Å²) < 4.78 is 86.4. The number of aromatic nitrogens is 4. The van der Waals surface area contributed by atoms with Crippen molar-refractivity contribution in [2.75, 3.05) is 13.2 Å². The molecule has 0 spiro atoms. The smallest absolute Gasteiger partial charge is 0.430 e. The normalized spacial score (nSPS) is 12.6. The SMILES string of the molecule is Cc1cnc(Cc2nc3ccc(OCCO)cc3c(=O)n2-c2ccc(C(O)(C(F)(F)F)C(F)(F)F)cc2)cn1. The minimum absolute atomic E-state index is 0.0374. The van der Waals surface area contributed by atoms with Crippen LogP contribution in [-0.4, -0.2) is 55.3 Å². The molecule has 0 aliphatic rings. The fourth-order valence-corrected chi connectivity index (χ4v) is 3.86. The van der Waals surface area contributed by atoms with Crippen molar-refractivity contribution in [3.63, 3.8) is 0 Å². The summed E-state index contributed by atoms with van der Waals surface area (Å²) in [6.45, 7) is 1.37. The van der Waals surface area contributed by atoms with Gasteiger partial charge in [0.05, 0.1) is 41.0 Å². The monoisotopic (exact) mass is 554 g/mol. The van der Waals surface area contributed by atoms with Gasteiger partial charge in [-0.1, -0.05) is 12.1 Å². The summed E-state index contributed by atoms with van der Waals surface area (Å²) >= 11 is 0. The Morgan fingerprint density at radius 2 is 1.62 bits per heavy atom. The lowest BCUT2D eigenvalue weighted by Crippen LogP contribution is -2.53. The molecule has 2 aromatic heterocycles. The van der Waals surface area contributed by atoms with Gasteiger partial charge in [0.1, 0.15) is 18.2 Å². The lowest BCUT2D eigenvalue weighted by molar-refractivity contribution is -0.376. The molecule has 0 unspecified atom stereocenters. The van der Waals surface area contributed by atoms with Crippen molar-refractivity contribution in [3.8, 4) is 11.4 Å². The number of ether oxygens (including phenoxy) is 1. The van der Waals surface area contributed by atoms with Gasteiger partial charge in [0.15, 0.2) is 0 Å². The highest BCUT2D eigenvalue weighted by molar-refractivity contribution is 5.79. The number of aliphatic hydroxyl groups is 2. The third kappa shape index (κ3) is 5.29. The van der Waals surface area contributed by atoms with Gasteiger partial charge in [0, 0.05) is 18.0 Å². The average molecular weight is 554 g/mol. The first-order valence-corrected chi connectivity index (χ1v) is 11.3. The van der Waals surface area contributed by atoms with E-state index in [0.29, 0.717) is 23.5 Å². The van der Waals surface area contributed by atoms with Crippen LogP contribution in [0.4, 0.5) is 26.3 Å². The number of fused-ring (bicyclic) bond motifs is 1. The largest absolute Gasteiger partial charge is 0.491 e. The van der Waals surface area contributed by atoms with Crippen molar-refractivity contribution in [3.05, 3.63) is 88.0 Å². The maximum absolute atomic E-state index is 13.6. The summed E-state index contributed by atoms with van der Waals surface area (Å²) in [6, 6.07) is 6.97. The number of hydrogen-bond acceptors (Lipinski definition) is 7. The van der Waals surface area contributed by atoms with Crippen LogP contribution < -0.4 is 10.3 Å². The van der Waals surface area contributed by atoms with Gasteiger partial charge in [-0.05, 0) is 37.3 Å². The van der Waals surface area contributed by atoms with Crippen LogP contribution in [0.1, 0.15) is 22.8 Å². The Morgan fingerprint density at radius 1 is 0.949 bits per heavy atom. The first-order chi connectivity index (χ1) is 18.3. The molecule has 2 heterocycles. The van der Waals surface area contributed by atoms with Crippen molar-refractivity contribution >= 4 is 10.9 Å². The second kappa shape index (κ2) is 10.3. The number of aliphatic hydroxyl groups excluding tert-OH is 1. The van der Waals surface area contributed by atoms with E-state index in [1.54, 1.807) is 6.92 Å². The van der Waals surface area contributed by atoms with Crippen molar-refractivity contribution in [1.82, 2.24) is 19.5 Å². The van der Waals surface area contributed by atoms with Crippen LogP contribution in [0.15, 0.2) is 59.7 Å². The van der Waals surface area contributed by atoms with Crippen molar-refractivity contribution < 1.29 is 41.3 Å². The van der Waals surface area contributed by atoms with Crippen LogP contribution in [0, 0.1) is 6.92 Å². The molecular formula is C25H20F6N4O4. The third-order valence-electron chi connectivity index (χ3n) is 5.81. The third-order valence-corrected chi connectivity index (χ3v) is 5.81. The Balaban J connectivity index is 1.89. The number of aryl methyl sites for hydroxylation is 1. The molecule has 0 aliphatic carbocycles. The number of halogens is 6. The Morgan fingerprint density at radius 3 is 2.18 bits per heavy atom. The molecule has 0 amide bonds. The van der Waals surface area contributed by atoms with Gasteiger partial charge < -0.3 is 14.9 Å². The van der Waals surface area contributed by atoms with E-state index in [-0.39, 0.29) is 47.8 Å². The molecule has 2 aromatic carbocycles. The molecule has 0 aliphatic heterocycles. The molecule has 0 bridgehead atoms. The van der Waals surface area contributed by atoms with Crippen molar-refractivity contribution in [2.45, 2.75) is 31.3 Å². The van der Waals surface area contributed by atoms with Gasteiger partial charge in [-0.15, -0.1) is 0 Å². The molecule has 39 heavy (non-hydrogen) atoms. The maximum Gasteiger partial charge on any atom is 0.430 e. The predicted octanol–water partition coefficient (Wildman–Crippen LogP) is 3.76. The first-order valence-electron chi connectivity index (χ1n) is 11.3. The molecule has 2 N–H and O–H groups in total. The number of benzene rings is 2. The van der Waals surface area contributed by atoms with Gasteiger partial charge in [-0.25, -0.2) is 4.98 Å².